The molecule has 1 aliphatic heterocycles. The van der Waals surface area contributed by atoms with Crippen molar-refractivity contribution in [3.8, 4) is 23.0 Å². The summed E-state index contributed by atoms with van der Waals surface area (Å²) in [5.74, 6) is 2.91. The lowest BCUT2D eigenvalue weighted by molar-refractivity contribution is 0.252. The number of nitrogens with one attached hydrogen (secondary N) is 1. The molecular formula is C19H23NO4. The van der Waals surface area contributed by atoms with E-state index in [1.807, 2.05) is 30.3 Å². The first-order valence-corrected chi connectivity index (χ1v) is 8.00. The number of ether oxygens (including phenoxy) is 4. The maximum absolute atomic E-state index is 5.71. The molecule has 1 atom stereocenters. The minimum absolute atomic E-state index is 0.272. The Labute approximate surface area is 142 Å². The Balaban J connectivity index is 1.78. The van der Waals surface area contributed by atoms with Crippen LogP contribution < -0.4 is 24.3 Å². The summed E-state index contributed by atoms with van der Waals surface area (Å²) in [6.07, 6.45) is 0.946. The van der Waals surface area contributed by atoms with Crippen LogP contribution in [0, 0.1) is 0 Å². The quantitative estimate of drug-likeness (QED) is 0.881. The fraction of sp³-hybridized carbons (Fsp3) is 0.368. The minimum Gasteiger partial charge on any atom is -0.493 e. The number of methoxy groups -OCH3 is 3. The number of hydrogen-bond acceptors (Lipinski definition) is 5. The first-order chi connectivity index (χ1) is 11.8. The molecule has 0 aliphatic carbocycles. The van der Waals surface area contributed by atoms with Crippen LogP contribution in [0.5, 0.6) is 23.0 Å². The molecule has 5 heteroatoms. The fourth-order valence-electron chi connectivity index (χ4n) is 3.03. The SMILES string of the molecule is COc1cc(CN[C@H]2CCOc3ccccc32)cc(OC)c1OC. The van der Waals surface area contributed by atoms with E-state index < -0.39 is 0 Å². The Hall–Kier alpha value is -2.40. The smallest absolute Gasteiger partial charge is 0.203 e. The van der Waals surface area contributed by atoms with Crippen molar-refractivity contribution in [2.45, 2.75) is 19.0 Å². The highest BCUT2D eigenvalue weighted by Gasteiger charge is 2.21. The van der Waals surface area contributed by atoms with Crippen molar-refractivity contribution in [3.63, 3.8) is 0 Å². The number of benzene rings is 2. The van der Waals surface area contributed by atoms with Crippen LogP contribution in [0.3, 0.4) is 0 Å². The molecule has 0 saturated carbocycles. The van der Waals surface area contributed by atoms with Gasteiger partial charge in [-0.25, -0.2) is 0 Å². The van der Waals surface area contributed by atoms with Crippen LogP contribution in [0.1, 0.15) is 23.6 Å². The third-order valence-electron chi connectivity index (χ3n) is 4.24. The molecule has 0 saturated heterocycles. The average Bonchev–Trinajstić information content (AvgIpc) is 2.65. The molecule has 0 spiro atoms. The topological polar surface area (TPSA) is 49.0 Å². The largest absolute Gasteiger partial charge is 0.493 e. The molecule has 1 aliphatic rings. The lowest BCUT2D eigenvalue weighted by atomic mass is 10.0. The zero-order chi connectivity index (χ0) is 16.9. The van der Waals surface area contributed by atoms with E-state index in [0.29, 0.717) is 23.8 Å². The molecule has 0 fully saturated rings. The predicted molar refractivity (Wildman–Crippen MR) is 92.2 cm³/mol. The molecule has 2 aromatic carbocycles. The Bertz CT molecular complexity index is 677. The number of para-hydroxylation sites is 1. The van der Waals surface area contributed by atoms with E-state index in [9.17, 15) is 0 Å². The molecule has 2 aromatic rings. The van der Waals surface area contributed by atoms with Crippen LogP contribution in [-0.4, -0.2) is 27.9 Å². The maximum Gasteiger partial charge on any atom is 0.203 e. The highest BCUT2D eigenvalue weighted by molar-refractivity contribution is 5.53. The molecule has 1 heterocycles. The van der Waals surface area contributed by atoms with Gasteiger partial charge in [0.1, 0.15) is 5.75 Å². The van der Waals surface area contributed by atoms with Gasteiger partial charge in [0.05, 0.1) is 27.9 Å². The van der Waals surface area contributed by atoms with Crippen molar-refractivity contribution in [3.05, 3.63) is 47.5 Å². The van der Waals surface area contributed by atoms with Crippen LogP contribution in [0.2, 0.25) is 0 Å². The monoisotopic (exact) mass is 329 g/mol. The Morgan fingerprint density at radius 3 is 2.42 bits per heavy atom. The maximum atomic E-state index is 5.71. The molecule has 5 nitrogen and oxygen atoms in total. The summed E-state index contributed by atoms with van der Waals surface area (Å²) in [7, 11) is 4.86. The molecule has 0 aromatic heterocycles. The number of rotatable bonds is 6. The summed E-state index contributed by atoms with van der Waals surface area (Å²) in [5.41, 5.74) is 2.28. The van der Waals surface area contributed by atoms with Gasteiger partial charge in [0.15, 0.2) is 11.5 Å². The van der Waals surface area contributed by atoms with Gasteiger partial charge in [-0.05, 0) is 23.8 Å². The van der Waals surface area contributed by atoms with E-state index in [0.717, 1.165) is 24.3 Å². The van der Waals surface area contributed by atoms with Crippen LogP contribution in [-0.2, 0) is 6.54 Å². The van der Waals surface area contributed by atoms with Crippen molar-refractivity contribution in [1.82, 2.24) is 5.32 Å². The summed E-state index contributed by atoms with van der Waals surface area (Å²) >= 11 is 0. The molecule has 0 amide bonds. The van der Waals surface area contributed by atoms with Gasteiger partial charge in [-0.2, -0.15) is 0 Å². The van der Waals surface area contributed by atoms with Crippen LogP contribution in [0.15, 0.2) is 36.4 Å². The molecule has 0 radical (unpaired) electrons. The van der Waals surface area contributed by atoms with Crippen LogP contribution >= 0.6 is 0 Å². The molecular weight excluding hydrogens is 306 g/mol. The van der Waals surface area contributed by atoms with Gasteiger partial charge in [0.25, 0.3) is 0 Å². The standard InChI is InChI=1S/C19H23NO4/c1-21-17-10-13(11-18(22-2)19(17)23-3)12-20-15-8-9-24-16-7-5-4-6-14(15)16/h4-7,10-11,15,20H,8-9,12H2,1-3H3/t15-/m0/s1. The zero-order valence-electron chi connectivity index (χ0n) is 14.3. The van der Waals surface area contributed by atoms with Crippen LogP contribution in [0.25, 0.3) is 0 Å². The molecule has 128 valence electrons. The van der Waals surface area contributed by atoms with E-state index >= 15 is 0 Å². The first-order valence-electron chi connectivity index (χ1n) is 8.00. The van der Waals surface area contributed by atoms with Gasteiger partial charge < -0.3 is 24.3 Å². The van der Waals surface area contributed by atoms with Gasteiger partial charge in [-0.1, -0.05) is 18.2 Å². The molecule has 3 rings (SSSR count). The van der Waals surface area contributed by atoms with Crippen molar-refractivity contribution >= 4 is 0 Å². The molecule has 1 N–H and O–H groups in total. The highest BCUT2D eigenvalue weighted by Crippen LogP contribution is 2.38. The summed E-state index contributed by atoms with van der Waals surface area (Å²) in [4.78, 5) is 0. The lowest BCUT2D eigenvalue weighted by Crippen LogP contribution is -2.26. The van der Waals surface area contributed by atoms with Gasteiger partial charge in [0, 0.05) is 24.6 Å². The number of hydrogen-bond donors (Lipinski definition) is 1. The average molecular weight is 329 g/mol. The third kappa shape index (κ3) is 3.26. The first kappa shape index (κ1) is 16.5. The van der Waals surface area contributed by atoms with Crippen molar-refractivity contribution in [1.29, 1.82) is 0 Å². The van der Waals surface area contributed by atoms with Crippen molar-refractivity contribution in [2.75, 3.05) is 27.9 Å². The predicted octanol–water partition coefficient (Wildman–Crippen LogP) is 3.33. The second-order valence-electron chi connectivity index (χ2n) is 5.64. The molecule has 24 heavy (non-hydrogen) atoms. The minimum atomic E-state index is 0.272. The van der Waals surface area contributed by atoms with E-state index in [2.05, 4.69) is 11.4 Å². The highest BCUT2D eigenvalue weighted by atomic mass is 16.5. The van der Waals surface area contributed by atoms with E-state index in [-0.39, 0.29) is 6.04 Å². The Morgan fingerprint density at radius 2 is 1.75 bits per heavy atom. The van der Waals surface area contributed by atoms with Gasteiger partial charge in [-0.15, -0.1) is 0 Å². The summed E-state index contributed by atoms with van der Waals surface area (Å²) in [6, 6.07) is 12.4. The summed E-state index contributed by atoms with van der Waals surface area (Å²) in [6.45, 7) is 1.43. The lowest BCUT2D eigenvalue weighted by Gasteiger charge is -2.27. The summed E-state index contributed by atoms with van der Waals surface area (Å²) in [5, 5.41) is 3.60. The second kappa shape index (κ2) is 7.45. The van der Waals surface area contributed by atoms with Gasteiger partial charge >= 0.3 is 0 Å². The molecule has 0 bridgehead atoms. The van der Waals surface area contributed by atoms with Crippen LogP contribution in [0.4, 0.5) is 0 Å². The third-order valence-corrected chi connectivity index (χ3v) is 4.24. The van der Waals surface area contributed by atoms with Gasteiger partial charge in [0.2, 0.25) is 5.75 Å². The van der Waals surface area contributed by atoms with Crippen molar-refractivity contribution in [2.24, 2.45) is 0 Å². The van der Waals surface area contributed by atoms with E-state index in [4.69, 9.17) is 18.9 Å². The second-order valence-corrected chi connectivity index (χ2v) is 5.64. The van der Waals surface area contributed by atoms with Gasteiger partial charge in [-0.3, -0.25) is 0 Å². The van der Waals surface area contributed by atoms with Crippen molar-refractivity contribution < 1.29 is 18.9 Å². The van der Waals surface area contributed by atoms with E-state index in [1.165, 1.54) is 5.56 Å². The number of fused-ring (bicyclic) bond motifs is 1. The Morgan fingerprint density at radius 1 is 1.04 bits per heavy atom. The Kier molecular flexibility index (Phi) is 5.11. The molecule has 0 unspecified atom stereocenters. The zero-order valence-corrected chi connectivity index (χ0v) is 14.3. The van der Waals surface area contributed by atoms with E-state index in [1.54, 1.807) is 21.3 Å². The normalized spacial score (nSPS) is 16.0. The fourth-order valence-corrected chi connectivity index (χ4v) is 3.03. The summed E-state index contributed by atoms with van der Waals surface area (Å²) < 4.78 is 21.9.